The summed E-state index contributed by atoms with van der Waals surface area (Å²) in [4.78, 5) is 24.2. The van der Waals surface area contributed by atoms with Crippen LogP contribution in [0.3, 0.4) is 0 Å². The number of rotatable bonds is 9. The molecule has 1 saturated heterocycles. The Morgan fingerprint density at radius 3 is 2.73 bits per heavy atom. The van der Waals surface area contributed by atoms with Crippen molar-refractivity contribution in [2.24, 2.45) is 11.5 Å². The normalized spacial score (nSPS) is 21.8. The summed E-state index contributed by atoms with van der Waals surface area (Å²) in [6.45, 7) is 1.85. The van der Waals surface area contributed by atoms with E-state index in [0.717, 1.165) is 19.5 Å². The fraction of sp³-hybridized carbons (Fsp3) is 0.846. The second kappa shape index (κ2) is 9.01. The topological polar surface area (TPSA) is 145 Å². The lowest BCUT2D eigenvalue weighted by molar-refractivity contribution is -0.139. The first kappa shape index (κ1) is 18.8. The number of amides is 1. The van der Waals surface area contributed by atoms with Crippen molar-refractivity contribution < 1.29 is 19.8 Å². The molecule has 0 bridgehead atoms. The molecule has 1 amide bonds. The van der Waals surface area contributed by atoms with Gasteiger partial charge in [0.1, 0.15) is 6.54 Å². The van der Waals surface area contributed by atoms with Crippen LogP contribution in [0.5, 0.6) is 0 Å². The Balaban J connectivity index is 2.22. The van der Waals surface area contributed by atoms with Gasteiger partial charge in [0.15, 0.2) is 0 Å². The number of nitrogens with one attached hydrogen (secondary N) is 1. The summed E-state index contributed by atoms with van der Waals surface area (Å²) in [6.07, 6.45) is 0.657. The number of hydrogen-bond donors (Lipinski definition) is 5. The smallest absolute Gasteiger partial charge is 0.319 e. The average molecular weight is 317 g/mol. The largest absolute Gasteiger partial charge is 0.480 e. The molecule has 1 unspecified atom stereocenters. The number of carbonyl (C=O) groups is 2. The molecule has 0 aromatic rings. The minimum Gasteiger partial charge on any atom is -0.480 e. The van der Waals surface area contributed by atoms with Crippen LogP contribution in [0.15, 0.2) is 0 Å². The lowest BCUT2D eigenvalue weighted by Gasteiger charge is -2.22. The van der Waals surface area contributed by atoms with Gasteiger partial charge in [-0.2, -0.15) is 0 Å². The quantitative estimate of drug-likeness (QED) is 0.294. The molecule has 1 heterocycles. The van der Waals surface area contributed by atoms with Crippen molar-refractivity contribution in [3.05, 3.63) is 0 Å². The summed E-state index contributed by atoms with van der Waals surface area (Å²) in [5.41, 5.74) is 14.1. The molecule has 0 aromatic carbocycles. The summed E-state index contributed by atoms with van der Waals surface area (Å²) in [5, 5.41) is 19.8. The summed E-state index contributed by atoms with van der Waals surface area (Å²) >= 11 is 0. The fourth-order valence-corrected chi connectivity index (χ4v) is 2.57. The molecule has 3 atom stereocenters. The molecular formula is C13H27N5O4. The highest BCUT2D eigenvalue weighted by atomic mass is 16.4. The SMILES string of the molecule is CN(CC(=O)O)NC(=O)C[C@H](N)CC(O)CN1CC[C@H](N)C1. The minimum absolute atomic E-state index is 0.0283. The molecule has 0 aromatic heterocycles. The number of aliphatic hydroxyl groups is 1. The number of hydrazine groups is 1. The van der Waals surface area contributed by atoms with Crippen molar-refractivity contribution in [3.8, 4) is 0 Å². The highest BCUT2D eigenvalue weighted by molar-refractivity contribution is 5.76. The third kappa shape index (κ3) is 7.66. The van der Waals surface area contributed by atoms with Crippen LogP contribution in [0.4, 0.5) is 0 Å². The summed E-state index contributed by atoms with van der Waals surface area (Å²) in [5.74, 6) is -1.40. The molecule has 9 nitrogen and oxygen atoms in total. The van der Waals surface area contributed by atoms with Crippen LogP contribution in [0.2, 0.25) is 0 Å². The second-order valence-corrected chi connectivity index (χ2v) is 5.95. The number of aliphatic carboxylic acids is 1. The zero-order valence-electron chi connectivity index (χ0n) is 12.9. The number of likely N-dealkylation sites (tertiary alicyclic amines) is 1. The van der Waals surface area contributed by atoms with Crippen LogP contribution in [0.1, 0.15) is 19.3 Å². The fourth-order valence-electron chi connectivity index (χ4n) is 2.57. The van der Waals surface area contributed by atoms with E-state index in [4.69, 9.17) is 16.6 Å². The van der Waals surface area contributed by atoms with E-state index in [1.807, 2.05) is 0 Å². The average Bonchev–Trinajstić information content (AvgIpc) is 2.72. The highest BCUT2D eigenvalue weighted by Gasteiger charge is 2.23. The van der Waals surface area contributed by atoms with Gasteiger partial charge in [0.25, 0.3) is 0 Å². The number of nitrogens with zero attached hydrogens (tertiary/aromatic N) is 2. The van der Waals surface area contributed by atoms with Gasteiger partial charge in [0.2, 0.25) is 5.91 Å². The van der Waals surface area contributed by atoms with E-state index in [2.05, 4.69) is 10.3 Å². The van der Waals surface area contributed by atoms with Gasteiger partial charge in [-0.3, -0.25) is 19.9 Å². The minimum atomic E-state index is -1.04. The van der Waals surface area contributed by atoms with Gasteiger partial charge in [0, 0.05) is 38.6 Å². The summed E-state index contributed by atoms with van der Waals surface area (Å²) in [6, 6.07) is -0.319. The van der Waals surface area contributed by atoms with E-state index < -0.39 is 18.1 Å². The number of aliphatic hydroxyl groups excluding tert-OH is 1. The number of hydrogen-bond acceptors (Lipinski definition) is 7. The van der Waals surface area contributed by atoms with Gasteiger partial charge in [-0.05, 0) is 19.4 Å². The third-order valence-electron chi connectivity index (χ3n) is 3.49. The summed E-state index contributed by atoms with van der Waals surface area (Å²) < 4.78 is 0. The standard InChI is InChI=1S/C13H27N5O4/c1-17(8-13(21)22)16-12(20)5-10(15)4-11(19)7-18-3-2-9(14)6-18/h9-11,19H,2-8,14-15H2,1H3,(H,16,20)(H,21,22)/t9-,10+,11?/m0/s1. The Morgan fingerprint density at radius 2 is 2.18 bits per heavy atom. The lowest BCUT2D eigenvalue weighted by Crippen LogP contribution is -2.45. The molecule has 1 aliphatic rings. The highest BCUT2D eigenvalue weighted by Crippen LogP contribution is 2.10. The van der Waals surface area contributed by atoms with Crippen LogP contribution in [0.25, 0.3) is 0 Å². The van der Waals surface area contributed by atoms with E-state index in [0.29, 0.717) is 13.0 Å². The molecule has 1 fully saturated rings. The van der Waals surface area contributed by atoms with Crippen molar-refractivity contribution >= 4 is 11.9 Å². The Bertz CT molecular complexity index is 381. The zero-order valence-corrected chi connectivity index (χ0v) is 12.9. The zero-order chi connectivity index (χ0) is 16.7. The van der Waals surface area contributed by atoms with E-state index in [1.165, 1.54) is 12.1 Å². The maximum absolute atomic E-state index is 11.7. The molecule has 0 saturated carbocycles. The van der Waals surface area contributed by atoms with E-state index in [9.17, 15) is 14.7 Å². The maximum atomic E-state index is 11.7. The Hall–Kier alpha value is -1.26. The molecule has 0 radical (unpaired) electrons. The molecule has 128 valence electrons. The number of carbonyl (C=O) groups excluding carboxylic acids is 1. The molecule has 1 rings (SSSR count). The molecule has 22 heavy (non-hydrogen) atoms. The van der Waals surface area contributed by atoms with Gasteiger partial charge in [-0.25, -0.2) is 5.01 Å². The lowest BCUT2D eigenvalue weighted by atomic mass is 10.1. The number of likely N-dealkylation sites (N-methyl/N-ethyl adjacent to an activating group) is 1. The number of carboxylic acids is 1. The van der Waals surface area contributed by atoms with Crippen molar-refractivity contribution in [2.45, 2.75) is 37.5 Å². The van der Waals surface area contributed by atoms with Gasteiger partial charge in [-0.15, -0.1) is 0 Å². The van der Waals surface area contributed by atoms with Crippen LogP contribution in [-0.4, -0.2) is 83.4 Å². The molecular weight excluding hydrogens is 290 g/mol. The van der Waals surface area contributed by atoms with Crippen molar-refractivity contribution in [2.75, 3.05) is 33.2 Å². The molecule has 0 spiro atoms. The van der Waals surface area contributed by atoms with Crippen molar-refractivity contribution in [1.82, 2.24) is 15.3 Å². The monoisotopic (exact) mass is 317 g/mol. The number of carboxylic acid groups (broad SMARTS) is 1. The first-order valence-electron chi connectivity index (χ1n) is 7.40. The maximum Gasteiger partial charge on any atom is 0.319 e. The predicted molar refractivity (Wildman–Crippen MR) is 80.7 cm³/mol. The number of β-amino-alcohol motifs (C(OH)–C–C–N with tert-alkyl or cyclic N) is 1. The molecule has 9 heteroatoms. The Morgan fingerprint density at radius 1 is 1.50 bits per heavy atom. The van der Waals surface area contributed by atoms with Crippen LogP contribution >= 0.6 is 0 Å². The summed E-state index contributed by atoms with van der Waals surface area (Å²) in [7, 11) is 1.46. The van der Waals surface area contributed by atoms with Gasteiger partial charge < -0.3 is 21.7 Å². The molecule has 1 aliphatic heterocycles. The predicted octanol–water partition coefficient (Wildman–Crippen LogP) is -2.46. The first-order valence-corrected chi connectivity index (χ1v) is 7.40. The van der Waals surface area contributed by atoms with E-state index >= 15 is 0 Å². The van der Waals surface area contributed by atoms with Crippen LogP contribution in [0, 0.1) is 0 Å². The van der Waals surface area contributed by atoms with E-state index in [1.54, 1.807) is 0 Å². The van der Waals surface area contributed by atoms with Gasteiger partial charge in [-0.1, -0.05) is 0 Å². The van der Waals surface area contributed by atoms with Crippen molar-refractivity contribution in [1.29, 1.82) is 0 Å². The first-order chi connectivity index (χ1) is 10.3. The van der Waals surface area contributed by atoms with E-state index in [-0.39, 0.29) is 24.9 Å². The number of nitrogens with two attached hydrogens (primary N) is 2. The molecule has 7 N–H and O–H groups in total. The third-order valence-corrected chi connectivity index (χ3v) is 3.49. The van der Waals surface area contributed by atoms with Gasteiger partial charge >= 0.3 is 5.97 Å². The van der Waals surface area contributed by atoms with Crippen molar-refractivity contribution in [3.63, 3.8) is 0 Å². The van der Waals surface area contributed by atoms with Gasteiger partial charge in [0.05, 0.1) is 6.10 Å². The second-order valence-electron chi connectivity index (χ2n) is 5.95. The Kier molecular flexibility index (Phi) is 7.69. The Labute approximate surface area is 130 Å². The molecule has 0 aliphatic carbocycles. The van der Waals surface area contributed by atoms with Crippen LogP contribution < -0.4 is 16.9 Å². The van der Waals surface area contributed by atoms with Crippen LogP contribution in [-0.2, 0) is 9.59 Å².